The molecule has 0 aliphatic rings. The Hall–Kier alpha value is -2.51. The summed E-state index contributed by atoms with van der Waals surface area (Å²) >= 11 is 6.27. The molecule has 2 aromatic carbocycles. The van der Waals surface area contributed by atoms with Gasteiger partial charge in [-0.3, -0.25) is 4.79 Å². The van der Waals surface area contributed by atoms with Gasteiger partial charge in [-0.15, -0.1) is 0 Å². The third-order valence-corrected chi connectivity index (χ3v) is 3.75. The highest BCUT2D eigenvalue weighted by Gasteiger charge is 2.18. The monoisotopic (exact) mass is 329 g/mol. The number of carbonyl (C=O) groups is 1. The Kier molecular flexibility index (Phi) is 4.22. The van der Waals surface area contributed by atoms with Gasteiger partial charge in [0.15, 0.2) is 12.0 Å². The first-order valence-corrected chi connectivity index (χ1v) is 7.12. The van der Waals surface area contributed by atoms with E-state index < -0.39 is 5.23 Å². The van der Waals surface area contributed by atoms with Crippen molar-refractivity contribution < 1.29 is 15.2 Å². The van der Waals surface area contributed by atoms with Crippen molar-refractivity contribution in [1.29, 1.82) is 0 Å². The molecule has 0 amide bonds. The Morgan fingerprint density at radius 2 is 1.78 bits per heavy atom. The van der Waals surface area contributed by atoms with E-state index in [0.717, 1.165) is 5.69 Å². The van der Waals surface area contributed by atoms with E-state index in [0.29, 0.717) is 17.5 Å². The molecule has 1 aromatic heterocycles. The fourth-order valence-corrected chi connectivity index (χ4v) is 2.51. The molecule has 0 saturated heterocycles. The van der Waals surface area contributed by atoms with E-state index in [1.165, 1.54) is 16.8 Å². The fourth-order valence-electron chi connectivity index (χ4n) is 2.24. The van der Waals surface area contributed by atoms with Crippen LogP contribution in [0.25, 0.3) is 16.9 Å². The SMILES string of the molecule is O=Cc1c(-c2ccc([NH+]([O-])O)cc2)nn(-c2ccccc2)c1Cl. The van der Waals surface area contributed by atoms with Crippen LogP contribution in [0.5, 0.6) is 0 Å². The molecule has 0 aliphatic heterocycles. The van der Waals surface area contributed by atoms with E-state index in [4.69, 9.17) is 16.8 Å². The summed E-state index contributed by atoms with van der Waals surface area (Å²) in [6, 6.07) is 15.3. The van der Waals surface area contributed by atoms with Gasteiger partial charge in [-0.25, -0.2) is 9.89 Å². The molecule has 0 aliphatic carbocycles. The molecule has 2 N–H and O–H groups in total. The Morgan fingerprint density at radius 1 is 1.13 bits per heavy atom. The second-order valence-electron chi connectivity index (χ2n) is 4.80. The lowest BCUT2D eigenvalue weighted by molar-refractivity contribution is -0.991. The molecule has 0 bridgehead atoms. The smallest absolute Gasteiger partial charge is 0.163 e. The Labute approximate surface area is 136 Å². The molecule has 7 heteroatoms. The van der Waals surface area contributed by atoms with E-state index in [1.54, 1.807) is 12.1 Å². The van der Waals surface area contributed by atoms with Gasteiger partial charge in [-0.2, -0.15) is 10.3 Å². The van der Waals surface area contributed by atoms with Gasteiger partial charge >= 0.3 is 0 Å². The van der Waals surface area contributed by atoms with Crippen molar-refractivity contribution >= 4 is 23.6 Å². The van der Waals surface area contributed by atoms with Crippen LogP contribution in [0, 0.1) is 5.21 Å². The number of benzene rings is 2. The van der Waals surface area contributed by atoms with Crippen molar-refractivity contribution in [2.24, 2.45) is 0 Å². The van der Waals surface area contributed by atoms with Crippen molar-refractivity contribution in [3.63, 3.8) is 0 Å². The Balaban J connectivity index is 2.11. The molecule has 3 aromatic rings. The highest BCUT2D eigenvalue weighted by atomic mass is 35.5. The molecule has 0 saturated carbocycles. The minimum Gasteiger partial charge on any atom is -0.595 e. The molecule has 1 heterocycles. The van der Waals surface area contributed by atoms with Crippen molar-refractivity contribution in [1.82, 2.24) is 9.78 Å². The van der Waals surface area contributed by atoms with Gasteiger partial charge in [-0.1, -0.05) is 29.8 Å². The fraction of sp³-hybridized carbons (Fsp3) is 0. The van der Waals surface area contributed by atoms with Gasteiger partial charge in [0.25, 0.3) is 0 Å². The van der Waals surface area contributed by atoms with Crippen LogP contribution in [0.4, 0.5) is 5.69 Å². The molecule has 116 valence electrons. The maximum Gasteiger partial charge on any atom is 0.163 e. The third kappa shape index (κ3) is 2.88. The number of halogens is 1. The molecule has 6 nitrogen and oxygen atoms in total. The average molecular weight is 330 g/mol. The van der Waals surface area contributed by atoms with E-state index in [1.807, 2.05) is 30.3 Å². The normalized spacial score (nSPS) is 12.1. The van der Waals surface area contributed by atoms with E-state index >= 15 is 0 Å². The van der Waals surface area contributed by atoms with Crippen molar-refractivity contribution in [3.05, 3.63) is 70.5 Å². The number of aromatic nitrogens is 2. The lowest BCUT2D eigenvalue weighted by Gasteiger charge is -2.11. The second-order valence-corrected chi connectivity index (χ2v) is 5.16. The molecule has 1 atom stereocenters. The molecular formula is C16H12ClN3O3. The Morgan fingerprint density at radius 3 is 2.35 bits per heavy atom. The van der Waals surface area contributed by atoms with Crippen LogP contribution in [-0.4, -0.2) is 21.3 Å². The molecule has 0 fully saturated rings. The van der Waals surface area contributed by atoms with Crippen LogP contribution < -0.4 is 5.23 Å². The first-order chi connectivity index (χ1) is 11.1. The van der Waals surface area contributed by atoms with Crippen LogP contribution in [-0.2, 0) is 0 Å². The summed E-state index contributed by atoms with van der Waals surface area (Å²) in [7, 11) is 0. The number of nitrogens with zero attached hydrogens (tertiary/aromatic N) is 2. The maximum atomic E-state index is 11.4. The number of carbonyl (C=O) groups excluding carboxylic acids is 1. The van der Waals surface area contributed by atoms with E-state index in [-0.39, 0.29) is 16.4 Å². The lowest BCUT2D eigenvalue weighted by atomic mass is 10.1. The van der Waals surface area contributed by atoms with Crippen LogP contribution in [0.15, 0.2) is 54.6 Å². The van der Waals surface area contributed by atoms with Crippen molar-refractivity contribution in [3.8, 4) is 16.9 Å². The lowest BCUT2D eigenvalue weighted by Crippen LogP contribution is -2.99. The Bertz CT molecular complexity index is 830. The minimum absolute atomic E-state index is 0.162. The van der Waals surface area contributed by atoms with Gasteiger partial charge in [0, 0.05) is 17.7 Å². The number of rotatable bonds is 4. The van der Waals surface area contributed by atoms with Crippen LogP contribution in [0.2, 0.25) is 5.15 Å². The van der Waals surface area contributed by atoms with Crippen LogP contribution >= 0.6 is 11.6 Å². The van der Waals surface area contributed by atoms with Crippen molar-refractivity contribution in [2.75, 3.05) is 0 Å². The number of para-hydroxylation sites is 1. The van der Waals surface area contributed by atoms with Gasteiger partial charge in [0.2, 0.25) is 0 Å². The molecule has 3 rings (SSSR count). The highest BCUT2D eigenvalue weighted by molar-refractivity contribution is 6.32. The second kappa shape index (κ2) is 6.31. The summed E-state index contributed by atoms with van der Waals surface area (Å²) in [6.07, 6.45) is 0.648. The van der Waals surface area contributed by atoms with Gasteiger partial charge < -0.3 is 5.21 Å². The van der Waals surface area contributed by atoms with Crippen LogP contribution in [0.1, 0.15) is 10.4 Å². The van der Waals surface area contributed by atoms with Crippen molar-refractivity contribution in [2.45, 2.75) is 0 Å². The third-order valence-electron chi connectivity index (χ3n) is 3.39. The summed E-state index contributed by atoms with van der Waals surface area (Å²) in [6.45, 7) is 0. The highest BCUT2D eigenvalue weighted by Crippen LogP contribution is 2.29. The zero-order valence-corrected chi connectivity index (χ0v) is 12.6. The summed E-state index contributed by atoms with van der Waals surface area (Å²) in [5.74, 6) is 0. The van der Waals surface area contributed by atoms with Crippen LogP contribution in [0.3, 0.4) is 0 Å². The molecule has 1 unspecified atom stereocenters. The predicted molar refractivity (Wildman–Crippen MR) is 85.2 cm³/mol. The number of nitrogens with one attached hydrogen (secondary N) is 1. The largest absolute Gasteiger partial charge is 0.595 e. The first-order valence-electron chi connectivity index (χ1n) is 6.74. The predicted octanol–water partition coefficient (Wildman–Crippen LogP) is 2.41. The van der Waals surface area contributed by atoms with E-state index in [9.17, 15) is 10.0 Å². The minimum atomic E-state index is -1.01. The zero-order valence-electron chi connectivity index (χ0n) is 11.8. The number of quaternary nitrogens is 1. The number of aldehydes is 1. The number of hydrogen-bond acceptors (Lipinski definition) is 4. The molecule has 23 heavy (non-hydrogen) atoms. The maximum absolute atomic E-state index is 11.4. The summed E-state index contributed by atoms with van der Waals surface area (Å²) in [4.78, 5) is 11.4. The summed E-state index contributed by atoms with van der Waals surface area (Å²) in [5, 5.41) is 23.5. The van der Waals surface area contributed by atoms with E-state index in [2.05, 4.69) is 5.10 Å². The topological polar surface area (TPSA) is 82.6 Å². The quantitative estimate of drug-likeness (QED) is 0.569. The number of hydrogen-bond donors (Lipinski definition) is 2. The molecule has 0 radical (unpaired) electrons. The molecule has 0 spiro atoms. The van der Waals surface area contributed by atoms with Gasteiger partial charge in [-0.05, 0) is 24.3 Å². The van der Waals surface area contributed by atoms with Gasteiger partial charge in [0.1, 0.15) is 10.8 Å². The molecular weight excluding hydrogens is 318 g/mol. The standard InChI is InChI=1S/C16H12ClN3O3/c17-16-14(10-21)15(11-6-8-13(9-7-11)20(22)23)18-19(16)12-4-2-1-3-5-12/h1-10,20,22H. The van der Waals surface area contributed by atoms with Gasteiger partial charge in [0.05, 0.1) is 11.3 Å². The zero-order chi connectivity index (χ0) is 16.4. The summed E-state index contributed by atoms with van der Waals surface area (Å²) in [5.41, 5.74) is 2.18. The average Bonchev–Trinajstić information content (AvgIpc) is 2.92. The first kappa shape index (κ1) is 15.4. The summed E-state index contributed by atoms with van der Waals surface area (Å²) < 4.78 is 1.48.